The molecule has 0 aromatic carbocycles. The first kappa shape index (κ1) is 12.5. The van der Waals surface area contributed by atoms with E-state index in [2.05, 4.69) is 20.5 Å². The van der Waals surface area contributed by atoms with E-state index in [9.17, 15) is 9.59 Å². The van der Waals surface area contributed by atoms with Gasteiger partial charge in [0.05, 0.1) is 5.92 Å². The molecule has 2 rings (SSSR count). The Morgan fingerprint density at radius 2 is 2.28 bits per heavy atom. The number of amides is 2. The predicted molar refractivity (Wildman–Crippen MR) is 64.8 cm³/mol. The van der Waals surface area contributed by atoms with Gasteiger partial charge in [-0.2, -0.15) is 4.98 Å². The summed E-state index contributed by atoms with van der Waals surface area (Å²) in [5.74, 6) is 0.691. The fourth-order valence-electron chi connectivity index (χ4n) is 1.84. The molecule has 18 heavy (non-hydrogen) atoms. The monoisotopic (exact) mass is 251 g/mol. The molecule has 1 fully saturated rings. The Bertz CT molecular complexity index is 468. The maximum Gasteiger partial charge on any atom is 0.248 e. The van der Waals surface area contributed by atoms with E-state index in [1.54, 1.807) is 11.9 Å². The van der Waals surface area contributed by atoms with E-state index in [-0.39, 0.29) is 36.0 Å². The second-order valence-electron chi connectivity index (χ2n) is 4.86. The average molecular weight is 251 g/mol. The number of aromatic amines is 1. The van der Waals surface area contributed by atoms with Gasteiger partial charge in [-0.15, -0.1) is 5.10 Å². The smallest absolute Gasteiger partial charge is 0.248 e. The molecule has 0 radical (unpaired) electrons. The zero-order valence-corrected chi connectivity index (χ0v) is 10.7. The molecule has 98 valence electrons. The van der Waals surface area contributed by atoms with E-state index >= 15 is 0 Å². The van der Waals surface area contributed by atoms with Gasteiger partial charge in [0.25, 0.3) is 0 Å². The molecule has 0 unspecified atom stereocenters. The molecule has 2 heterocycles. The van der Waals surface area contributed by atoms with Gasteiger partial charge in [0.15, 0.2) is 0 Å². The van der Waals surface area contributed by atoms with E-state index in [0.717, 1.165) is 5.82 Å². The van der Waals surface area contributed by atoms with Gasteiger partial charge in [-0.25, -0.2) is 0 Å². The van der Waals surface area contributed by atoms with Crippen LogP contribution < -0.4 is 5.32 Å². The second-order valence-corrected chi connectivity index (χ2v) is 4.86. The third-order valence-electron chi connectivity index (χ3n) is 3.00. The highest BCUT2D eigenvalue weighted by Gasteiger charge is 2.32. The summed E-state index contributed by atoms with van der Waals surface area (Å²) >= 11 is 0. The van der Waals surface area contributed by atoms with E-state index in [1.807, 2.05) is 13.8 Å². The van der Waals surface area contributed by atoms with Crippen LogP contribution in [0.25, 0.3) is 0 Å². The van der Waals surface area contributed by atoms with Crippen LogP contribution in [0.4, 0.5) is 5.95 Å². The van der Waals surface area contributed by atoms with Crippen LogP contribution in [0.2, 0.25) is 0 Å². The van der Waals surface area contributed by atoms with Gasteiger partial charge in [0.1, 0.15) is 5.82 Å². The van der Waals surface area contributed by atoms with Gasteiger partial charge < -0.3 is 4.90 Å². The number of carbonyl (C=O) groups excluding carboxylic acids is 2. The van der Waals surface area contributed by atoms with Crippen LogP contribution in [0, 0.1) is 5.92 Å². The van der Waals surface area contributed by atoms with Crippen molar-refractivity contribution in [2.75, 3.05) is 18.9 Å². The molecule has 7 nitrogen and oxygen atoms in total. The molecule has 0 spiro atoms. The average Bonchev–Trinajstić information content (AvgIpc) is 2.87. The zero-order chi connectivity index (χ0) is 13.3. The fourth-order valence-corrected chi connectivity index (χ4v) is 1.84. The highest BCUT2D eigenvalue weighted by molar-refractivity contribution is 5.96. The number of nitrogens with one attached hydrogen (secondary N) is 2. The number of H-pyrrole nitrogens is 1. The third-order valence-corrected chi connectivity index (χ3v) is 3.00. The number of hydrogen-bond donors (Lipinski definition) is 2. The van der Waals surface area contributed by atoms with E-state index < -0.39 is 0 Å². The molecule has 2 N–H and O–H groups in total. The largest absolute Gasteiger partial charge is 0.345 e. The van der Waals surface area contributed by atoms with Crippen molar-refractivity contribution in [2.24, 2.45) is 5.92 Å². The van der Waals surface area contributed by atoms with E-state index in [0.29, 0.717) is 6.54 Å². The molecule has 1 aromatic heterocycles. The lowest BCUT2D eigenvalue weighted by molar-refractivity contribution is -0.127. The molecule has 7 heteroatoms. The van der Waals surface area contributed by atoms with Crippen molar-refractivity contribution in [3.63, 3.8) is 0 Å². The SMILES string of the molecule is CC(C)c1nc(NC(=O)[C@H]2CC(=O)N(C)C2)n[nH]1. The first-order valence-electron chi connectivity index (χ1n) is 5.94. The number of hydrogen-bond acceptors (Lipinski definition) is 4. The Hall–Kier alpha value is -1.92. The molecule has 1 atom stereocenters. The van der Waals surface area contributed by atoms with Crippen molar-refractivity contribution in [3.05, 3.63) is 5.82 Å². The summed E-state index contributed by atoms with van der Waals surface area (Å²) in [7, 11) is 1.69. The van der Waals surface area contributed by atoms with Crippen molar-refractivity contribution in [2.45, 2.75) is 26.2 Å². The van der Waals surface area contributed by atoms with Crippen molar-refractivity contribution in [1.82, 2.24) is 20.1 Å². The number of aromatic nitrogens is 3. The summed E-state index contributed by atoms with van der Waals surface area (Å²) < 4.78 is 0. The summed E-state index contributed by atoms with van der Waals surface area (Å²) in [5.41, 5.74) is 0. The summed E-state index contributed by atoms with van der Waals surface area (Å²) in [6, 6.07) is 0. The quantitative estimate of drug-likeness (QED) is 0.810. The summed E-state index contributed by atoms with van der Waals surface area (Å²) in [5, 5.41) is 9.31. The lowest BCUT2D eigenvalue weighted by Crippen LogP contribution is -2.26. The Balaban J connectivity index is 1.97. The molecule has 0 saturated carbocycles. The first-order chi connectivity index (χ1) is 8.47. The van der Waals surface area contributed by atoms with Crippen LogP contribution >= 0.6 is 0 Å². The van der Waals surface area contributed by atoms with Gasteiger partial charge in [0, 0.05) is 25.9 Å². The summed E-state index contributed by atoms with van der Waals surface area (Å²) in [4.78, 5) is 29.0. The topological polar surface area (TPSA) is 91.0 Å². The summed E-state index contributed by atoms with van der Waals surface area (Å²) in [6.45, 7) is 4.42. The molecule has 1 aliphatic heterocycles. The number of rotatable bonds is 3. The Morgan fingerprint density at radius 3 is 2.78 bits per heavy atom. The van der Waals surface area contributed by atoms with Crippen LogP contribution in [-0.2, 0) is 9.59 Å². The maximum absolute atomic E-state index is 11.9. The minimum Gasteiger partial charge on any atom is -0.345 e. The van der Waals surface area contributed by atoms with Gasteiger partial charge in [0.2, 0.25) is 17.8 Å². The van der Waals surface area contributed by atoms with Crippen molar-refractivity contribution >= 4 is 17.8 Å². The number of carbonyl (C=O) groups is 2. The Labute approximate surface area is 105 Å². The van der Waals surface area contributed by atoms with Gasteiger partial charge >= 0.3 is 0 Å². The van der Waals surface area contributed by atoms with Crippen LogP contribution in [0.1, 0.15) is 32.0 Å². The summed E-state index contributed by atoms with van der Waals surface area (Å²) in [6.07, 6.45) is 0.254. The lowest BCUT2D eigenvalue weighted by Gasteiger charge is -2.08. The highest BCUT2D eigenvalue weighted by atomic mass is 16.2. The van der Waals surface area contributed by atoms with Crippen molar-refractivity contribution < 1.29 is 9.59 Å². The van der Waals surface area contributed by atoms with Crippen LogP contribution in [-0.4, -0.2) is 45.5 Å². The minimum atomic E-state index is -0.316. The molecular formula is C11H17N5O2. The van der Waals surface area contributed by atoms with Gasteiger partial charge in [-0.1, -0.05) is 13.8 Å². The van der Waals surface area contributed by atoms with Gasteiger partial charge in [-0.05, 0) is 0 Å². The lowest BCUT2D eigenvalue weighted by atomic mass is 10.1. The Kier molecular flexibility index (Phi) is 3.31. The van der Waals surface area contributed by atoms with Crippen LogP contribution in [0.5, 0.6) is 0 Å². The molecule has 2 amide bonds. The standard InChI is InChI=1S/C11H17N5O2/c1-6(2)9-12-11(15-14-9)13-10(18)7-4-8(17)16(3)5-7/h6-7H,4-5H2,1-3H3,(H2,12,13,14,15,18)/t7-/m0/s1. The van der Waals surface area contributed by atoms with E-state index in [1.165, 1.54) is 0 Å². The van der Waals surface area contributed by atoms with Crippen LogP contribution in [0.3, 0.4) is 0 Å². The molecule has 0 bridgehead atoms. The van der Waals surface area contributed by atoms with E-state index in [4.69, 9.17) is 0 Å². The molecular weight excluding hydrogens is 234 g/mol. The normalized spacial score (nSPS) is 19.7. The van der Waals surface area contributed by atoms with Crippen molar-refractivity contribution in [3.8, 4) is 0 Å². The molecule has 0 aliphatic carbocycles. The number of nitrogens with zero attached hydrogens (tertiary/aromatic N) is 3. The second kappa shape index (κ2) is 4.75. The minimum absolute atomic E-state index is 0.00648. The fraction of sp³-hybridized carbons (Fsp3) is 0.636. The highest BCUT2D eigenvalue weighted by Crippen LogP contribution is 2.18. The molecule has 1 saturated heterocycles. The predicted octanol–water partition coefficient (Wildman–Crippen LogP) is 0.345. The Morgan fingerprint density at radius 1 is 1.56 bits per heavy atom. The first-order valence-corrected chi connectivity index (χ1v) is 5.94. The van der Waals surface area contributed by atoms with Crippen LogP contribution in [0.15, 0.2) is 0 Å². The molecule has 1 aromatic rings. The number of likely N-dealkylation sites (tertiary alicyclic amines) is 1. The third kappa shape index (κ3) is 2.49. The van der Waals surface area contributed by atoms with Gasteiger partial charge in [-0.3, -0.25) is 20.0 Å². The maximum atomic E-state index is 11.9. The van der Waals surface area contributed by atoms with Crippen molar-refractivity contribution in [1.29, 1.82) is 0 Å². The molecule has 1 aliphatic rings. The zero-order valence-electron chi connectivity index (χ0n) is 10.7. The number of anilines is 1.